The number of nitrogens with zero attached hydrogens (tertiary/aromatic N) is 2. The second kappa shape index (κ2) is 13.8. The SMILES string of the molecule is C[C@@H]([C@@H](Cc1ccc(OC(F)(F)F)cc1)C(=O)NC(C(=O)NCCN1CCOCC1)C(C)(C)C)N(O)C=O. The number of benzene rings is 1. The van der Waals surface area contributed by atoms with Gasteiger partial charge in [0.05, 0.1) is 25.2 Å². The number of alkyl halides is 3. The highest BCUT2D eigenvalue weighted by atomic mass is 19.4. The van der Waals surface area contributed by atoms with Gasteiger partial charge in [-0.2, -0.15) is 0 Å². The first-order chi connectivity index (χ1) is 17.7. The minimum atomic E-state index is -4.84. The van der Waals surface area contributed by atoms with E-state index in [1.54, 1.807) is 20.8 Å². The second-order valence-corrected chi connectivity index (χ2v) is 10.3. The number of nitrogens with one attached hydrogen (secondary N) is 2. The molecule has 3 N–H and O–H groups in total. The zero-order valence-corrected chi connectivity index (χ0v) is 22.1. The van der Waals surface area contributed by atoms with Crippen LogP contribution in [0.2, 0.25) is 0 Å². The number of hydrogen-bond acceptors (Lipinski definition) is 7. The Bertz CT molecular complexity index is 917. The fourth-order valence-electron chi connectivity index (χ4n) is 4.03. The lowest BCUT2D eigenvalue weighted by atomic mass is 9.84. The summed E-state index contributed by atoms with van der Waals surface area (Å²) >= 11 is 0. The average molecular weight is 547 g/mol. The maximum absolute atomic E-state index is 13.4. The van der Waals surface area contributed by atoms with Crippen molar-refractivity contribution in [2.24, 2.45) is 11.3 Å². The van der Waals surface area contributed by atoms with Crippen LogP contribution >= 0.6 is 0 Å². The molecule has 1 aromatic carbocycles. The summed E-state index contributed by atoms with van der Waals surface area (Å²) in [5.41, 5.74) is -0.208. The Morgan fingerprint density at radius 2 is 1.76 bits per heavy atom. The highest BCUT2D eigenvalue weighted by Crippen LogP contribution is 2.25. The molecule has 0 aromatic heterocycles. The number of carbonyl (C=O) groups is 3. The lowest BCUT2D eigenvalue weighted by Crippen LogP contribution is -2.57. The number of rotatable bonds is 12. The predicted octanol–water partition coefficient (Wildman–Crippen LogP) is 1.96. The van der Waals surface area contributed by atoms with Crippen LogP contribution < -0.4 is 15.4 Å². The summed E-state index contributed by atoms with van der Waals surface area (Å²) in [5.74, 6) is -2.42. The van der Waals surface area contributed by atoms with E-state index in [1.165, 1.54) is 19.1 Å². The molecule has 0 bridgehead atoms. The number of morpholine rings is 1. The molecule has 3 amide bonds. The largest absolute Gasteiger partial charge is 0.573 e. The van der Waals surface area contributed by atoms with E-state index in [1.807, 2.05) is 0 Å². The second-order valence-electron chi connectivity index (χ2n) is 10.3. The minimum absolute atomic E-state index is 0.0281. The van der Waals surface area contributed by atoms with E-state index in [-0.39, 0.29) is 18.7 Å². The van der Waals surface area contributed by atoms with Gasteiger partial charge in [0.15, 0.2) is 0 Å². The van der Waals surface area contributed by atoms with E-state index >= 15 is 0 Å². The average Bonchev–Trinajstić information content (AvgIpc) is 2.84. The molecule has 1 aromatic rings. The van der Waals surface area contributed by atoms with Gasteiger partial charge in [-0.25, -0.2) is 5.06 Å². The van der Waals surface area contributed by atoms with Crippen LogP contribution in [0.25, 0.3) is 0 Å². The molecule has 38 heavy (non-hydrogen) atoms. The van der Waals surface area contributed by atoms with Gasteiger partial charge in [-0.1, -0.05) is 32.9 Å². The topological polar surface area (TPSA) is 120 Å². The van der Waals surface area contributed by atoms with Gasteiger partial charge in [0.2, 0.25) is 18.2 Å². The first-order valence-electron chi connectivity index (χ1n) is 12.4. The smallest absolute Gasteiger partial charge is 0.406 e. The summed E-state index contributed by atoms with van der Waals surface area (Å²) in [6, 6.07) is 3.01. The molecule has 1 aliphatic heterocycles. The van der Waals surface area contributed by atoms with Crippen LogP contribution in [0.5, 0.6) is 5.75 Å². The van der Waals surface area contributed by atoms with Crippen LogP contribution in [0.4, 0.5) is 13.2 Å². The van der Waals surface area contributed by atoms with Gasteiger partial charge in [-0.3, -0.25) is 24.5 Å². The third-order valence-electron chi connectivity index (χ3n) is 6.30. The predicted molar refractivity (Wildman–Crippen MR) is 131 cm³/mol. The summed E-state index contributed by atoms with van der Waals surface area (Å²) in [4.78, 5) is 39.8. The fraction of sp³-hybridized carbons (Fsp3) is 0.640. The van der Waals surface area contributed by atoms with Gasteiger partial charge < -0.3 is 20.1 Å². The van der Waals surface area contributed by atoms with Crippen molar-refractivity contribution in [3.63, 3.8) is 0 Å². The number of ether oxygens (including phenoxy) is 2. The zero-order valence-electron chi connectivity index (χ0n) is 22.1. The maximum Gasteiger partial charge on any atom is 0.573 e. The van der Waals surface area contributed by atoms with Gasteiger partial charge in [0.25, 0.3) is 0 Å². The van der Waals surface area contributed by atoms with Crippen LogP contribution in [0.3, 0.4) is 0 Å². The monoisotopic (exact) mass is 546 g/mol. The van der Waals surface area contributed by atoms with E-state index in [0.29, 0.717) is 36.9 Å². The van der Waals surface area contributed by atoms with Gasteiger partial charge in [-0.15, -0.1) is 13.2 Å². The summed E-state index contributed by atoms with van der Waals surface area (Å²) in [6.07, 6.45) is -4.71. The first kappa shape index (κ1) is 31.3. The molecule has 0 radical (unpaired) electrons. The molecule has 1 aliphatic rings. The number of carbonyl (C=O) groups excluding carboxylic acids is 3. The zero-order chi connectivity index (χ0) is 28.5. The number of hydroxylamine groups is 2. The highest BCUT2D eigenvalue weighted by Gasteiger charge is 2.37. The summed E-state index contributed by atoms with van der Waals surface area (Å²) in [6.45, 7) is 10.6. The molecule has 214 valence electrons. The molecular formula is C25H37F3N4O6. The Labute approximate surface area is 220 Å². The van der Waals surface area contributed by atoms with Gasteiger partial charge >= 0.3 is 6.36 Å². The summed E-state index contributed by atoms with van der Waals surface area (Å²) in [7, 11) is 0. The molecular weight excluding hydrogens is 509 g/mol. The molecule has 0 aliphatic carbocycles. The molecule has 3 atom stereocenters. The third kappa shape index (κ3) is 10.1. The Kier molecular flexibility index (Phi) is 11.3. The van der Waals surface area contributed by atoms with Crippen molar-refractivity contribution in [2.45, 2.75) is 52.6 Å². The van der Waals surface area contributed by atoms with Gasteiger partial charge in [0.1, 0.15) is 11.8 Å². The standard InChI is InChI=1S/C25H37F3N4O6/c1-17(32(36)16-33)20(15-18-5-7-19(8-6-18)38-25(26,27)28)22(34)30-21(24(2,3)4)23(35)29-9-10-31-11-13-37-14-12-31/h5-8,16-17,20-21,36H,9-15H2,1-4H3,(H,29,35)(H,30,34)/t17-,20+,21?/m0/s1. The van der Waals surface area contributed by atoms with Crippen LogP contribution in [0.15, 0.2) is 24.3 Å². The third-order valence-corrected chi connectivity index (χ3v) is 6.30. The molecule has 0 saturated carbocycles. The summed E-state index contributed by atoms with van der Waals surface area (Å²) < 4.78 is 46.6. The number of amides is 3. The van der Waals surface area contributed by atoms with Crippen molar-refractivity contribution in [1.29, 1.82) is 0 Å². The Morgan fingerprint density at radius 1 is 1.16 bits per heavy atom. The Balaban J connectivity index is 2.13. The lowest BCUT2D eigenvalue weighted by molar-refractivity contribution is -0.274. The molecule has 1 fully saturated rings. The molecule has 10 nitrogen and oxygen atoms in total. The molecule has 0 spiro atoms. The molecule has 13 heteroatoms. The fourth-order valence-corrected chi connectivity index (χ4v) is 4.03. The molecule has 1 saturated heterocycles. The minimum Gasteiger partial charge on any atom is -0.406 e. The van der Waals surface area contributed by atoms with Crippen LogP contribution in [-0.2, 0) is 25.5 Å². The van der Waals surface area contributed by atoms with Crippen molar-refractivity contribution >= 4 is 18.2 Å². The van der Waals surface area contributed by atoms with Gasteiger partial charge in [-0.05, 0) is 36.5 Å². The normalized spacial score (nSPS) is 17.2. The van der Waals surface area contributed by atoms with Gasteiger partial charge in [0, 0.05) is 26.2 Å². The van der Waals surface area contributed by atoms with Crippen molar-refractivity contribution in [1.82, 2.24) is 20.6 Å². The number of halogens is 3. The quantitative estimate of drug-likeness (QED) is 0.208. The van der Waals surface area contributed by atoms with E-state index in [9.17, 15) is 32.8 Å². The van der Waals surface area contributed by atoms with Crippen LogP contribution in [0, 0.1) is 11.3 Å². The molecule has 1 unspecified atom stereocenters. The van der Waals surface area contributed by atoms with E-state index < -0.39 is 41.4 Å². The van der Waals surface area contributed by atoms with Crippen LogP contribution in [0.1, 0.15) is 33.3 Å². The van der Waals surface area contributed by atoms with Crippen molar-refractivity contribution in [3.8, 4) is 5.75 Å². The van der Waals surface area contributed by atoms with Crippen LogP contribution in [-0.4, -0.2) is 91.2 Å². The number of hydrogen-bond donors (Lipinski definition) is 3. The highest BCUT2D eigenvalue weighted by molar-refractivity contribution is 5.89. The van der Waals surface area contributed by atoms with Crippen molar-refractivity contribution in [3.05, 3.63) is 29.8 Å². The van der Waals surface area contributed by atoms with E-state index in [2.05, 4.69) is 20.3 Å². The lowest BCUT2D eigenvalue weighted by Gasteiger charge is -2.34. The van der Waals surface area contributed by atoms with Crippen molar-refractivity contribution < 1.29 is 42.2 Å². The van der Waals surface area contributed by atoms with E-state index in [0.717, 1.165) is 25.2 Å². The van der Waals surface area contributed by atoms with Crippen molar-refractivity contribution in [2.75, 3.05) is 39.4 Å². The molecule has 1 heterocycles. The maximum atomic E-state index is 13.4. The summed E-state index contributed by atoms with van der Waals surface area (Å²) in [5, 5.41) is 15.9. The first-order valence-corrected chi connectivity index (χ1v) is 12.4. The Morgan fingerprint density at radius 3 is 2.29 bits per heavy atom. The Hall–Kier alpha value is -2.90. The molecule has 2 rings (SSSR count). The van der Waals surface area contributed by atoms with E-state index in [4.69, 9.17) is 4.74 Å².